The van der Waals surface area contributed by atoms with Crippen molar-refractivity contribution < 1.29 is 9.18 Å². The summed E-state index contributed by atoms with van der Waals surface area (Å²) in [5, 5.41) is 19.9. The monoisotopic (exact) mass is 411 g/mol. The lowest BCUT2D eigenvalue weighted by Gasteiger charge is -2.34. The number of carbonyl (C=O) groups is 1. The zero-order chi connectivity index (χ0) is 21.6. The lowest BCUT2D eigenvalue weighted by Crippen LogP contribution is -2.54. The number of carbonyl (C=O) groups excluding carboxylic acids is 1. The summed E-state index contributed by atoms with van der Waals surface area (Å²) in [5.41, 5.74) is 1.97. The molecule has 1 amide bonds. The van der Waals surface area contributed by atoms with Crippen LogP contribution in [0.15, 0.2) is 30.3 Å². The van der Waals surface area contributed by atoms with Gasteiger partial charge in [-0.25, -0.2) is 4.39 Å². The van der Waals surface area contributed by atoms with Crippen LogP contribution in [0.25, 0.3) is 11.3 Å². The molecule has 1 aromatic heterocycles. The molecule has 0 radical (unpaired) electrons. The lowest BCUT2D eigenvalue weighted by molar-refractivity contribution is -0.127. The molecule has 1 unspecified atom stereocenters. The van der Waals surface area contributed by atoms with E-state index in [0.717, 1.165) is 68.4 Å². The van der Waals surface area contributed by atoms with Crippen LogP contribution in [-0.2, 0) is 11.2 Å². The first-order valence-electron chi connectivity index (χ1n) is 10.7. The number of amides is 1. The molecule has 2 N–H and O–H groups in total. The molecular formula is C23H30FN5O. The fourth-order valence-corrected chi connectivity index (χ4v) is 3.93. The molecule has 30 heavy (non-hydrogen) atoms. The highest BCUT2D eigenvalue weighted by molar-refractivity contribution is 5.82. The van der Waals surface area contributed by atoms with Crippen LogP contribution < -0.4 is 5.32 Å². The minimum Gasteiger partial charge on any atom is -0.336 e. The van der Waals surface area contributed by atoms with Gasteiger partial charge in [0, 0.05) is 11.3 Å². The highest BCUT2D eigenvalue weighted by Gasteiger charge is 2.35. The van der Waals surface area contributed by atoms with Crippen molar-refractivity contribution in [3.63, 3.8) is 0 Å². The van der Waals surface area contributed by atoms with E-state index >= 15 is 0 Å². The van der Waals surface area contributed by atoms with Crippen molar-refractivity contribution in [2.75, 3.05) is 13.6 Å². The topological polar surface area (TPSA) is 84.8 Å². The number of nitrogens with zero attached hydrogens (tertiary/aromatic N) is 3. The fraction of sp³-hybridized carbons (Fsp3) is 0.522. The number of nitrogens with one attached hydrogen (secondary N) is 2. The quantitative estimate of drug-likeness (QED) is 0.692. The van der Waals surface area contributed by atoms with Crippen molar-refractivity contribution in [2.45, 2.75) is 63.5 Å². The average Bonchev–Trinajstić information content (AvgIpc) is 3.23. The Morgan fingerprint density at radius 2 is 2.03 bits per heavy atom. The minimum absolute atomic E-state index is 0.0823. The molecular weight excluding hydrogens is 381 g/mol. The van der Waals surface area contributed by atoms with Gasteiger partial charge in [-0.15, -0.1) is 0 Å². The number of nitriles is 1. The van der Waals surface area contributed by atoms with E-state index in [4.69, 9.17) is 0 Å². The molecule has 1 aliphatic carbocycles. The number of H-pyrrole nitrogens is 1. The van der Waals surface area contributed by atoms with Gasteiger partial charge in [0.25, 0.3) is 0 Å². The smallest absolute Gasteiger partial charge is 0.238 e. The largest absolute Gasteiger partial charge is 0.336 e. The predicted octanol–water partition coefficient (Wildman–Crippen LogP) is 3.81. The summed E-state index contributed by atoms with van der Waals surface area (Å²) in [6.07, 6.45) is 6.25. The maximum atomic E-state index is 13.1. The second-order valence-corrected chi connectivity index (χ2v) is 8.29. The first kappa shape index (κ1) is 22.0. The molecule has 1 heterocycles. The van der Waals surface area contributed by atoms with Gasteiger partial charge in [0.2, 0.25) is 5.91 Å². The van der Waals surface area contributed by atoms with Gasteiger partial charge in [0.15, 0.2) is 0 Å². The molecule has 0 aliphatic heterocycles. The summed E-state index contributed by atoms with van der Waals surface area (Å²) in [4.78, 5) is 14.7. The minimum atomic E-state index is -0.697. The first-order chi connectivity index (χ1) is 14.4. The third-order valence-corrected chi connectivity index (χ3v) is 6.05. The van der Waals surface area contributed by atoms with E-state index in [2.05, 4.69) is 21.6 Å². The fourth-order valence-electron chi connectivity index (χ4n) is 3.93. The van der Waals surface area contributed by atoms with E-state index < -0.39 is 5.54 Å². The molecule has 2 aromatic rings. The summed E-state index contributed by atoms with van der Waals surface area (Å²) in [5.74, 6) is -0.346. The van der Waals surface area contributed by atoms with Crippen molar-refractivity contribution in [1.29, 1.82) is 5.26 Å². The Bertz CT molecular complexity index is 880. The Kier molecular flexibility index (Phi) is 7.22. The standard InChI is InChI=1S/C23H30FN5O/c1-17(22(30)26-23(16-25)12-4-3-5-13-23)29(2)14-6-7-20-15-21(28-27-20)18-8-10-19(24)11-9-18/h8-11,15,17H,3-7,12-14H2,1-2H3,(H,26,30)(H,27,28). The van der Waals surface area contributed by atoms with E-state index in [1.54, 1.807) is 12.1 Å². The van der Waals surface area contributed by atoms with Gasteiger partial charge in [-0.1, -0.05) is 19.3 Å². The first-order valence-corrected chi connectivity index (χ1v) is 10.7. The van der Waals surface area contributed by atoms with Crippen molar-refractivity contribution in [2.24, 2.45) is 0 Å². The number of hydrogen-bond donors (Lipinski definition) is 2. The maximum Gasteiger partial charge on any atom is 0.238 e. The number of aromatic nitrogens is 2. The number of rotatable bonds is 8. The van der Waals surface area contributed by atoms with Gasteiger partial charge < -0.3 is 5.32 Å². The molecule has 3 rings (SSSR count). The number of aromatic amines is 1. The van der Waals surface area contributed by atoms with Gasteiger partial charge >= 0.3 is 0 Å². The second-order valence-electron chi connectivity index (χ2n) is 8.29. The number of likely N-dealkylation sites (N-methyl/N-ethyl adjacent to an activating group) is 1. The molecule has 7 heteroatoms. The van der Waals surface area contributed by atoms with Crippen LogP contribution in [0.1, 0.15) is 51.1 Å². The molecule has 1 atom stereocenters. The number of hydrogen-bond acceptors (Lipinski definition) is 4. The van der Waals surface area contributed by atoms with Gasteiger partial charge in [0.1, 0.15) is 11.4 Å². The Labute approximate surface area is 177 Å². The summed E-state index contributed by atoms with van der Waals surface area (Å²) in [6, 6.07) is 10.3. The van der Waals surface area contributed by atoms with E-state index in [9.17, 15) is 14.4 Å². The molecule has 160 valence electrons. The van der Waals surface area contributed by atoms with Crippen LogP contribution in [0.2, 0.25) is 0 Å². The Balaban J connectivity index is 1.47. The van der Waals surface area contributed by atoms with Gasteiger partial charge in [-0.3, -0.25) is 14.8 Å². The molecule has 1 fully saturated rings. The Morgan fingerprint density at radius 3 is 2.70 bits per heavy atom. The SMILES string of the molecule is CC(C(=O)NC1(C#N)CCCCC1)N(C)CCCc1cc(-c2ccc(F)cc2)n[nH]1. The third kappa shape index (κ3) is 5.45. The van der Waals surface area contributed by atoms with Gasteiger partial charge in [0.05, 0.1) is 17.8 Å². The third-order valence-electron chi connectivity index (χ3n) is 6.05. The van der Waals surface area contributed by atoms with Crippen LogP contribution >= 0.6 is 0 Å². The van der Waals surface area contributed by atoms with Crippen molar-refractivity contribution in [3.8, 4) is 17.3 Å². The van der Waals surface area contributed by atoms with Gasteiger partial charge in [-0.2, -0.15) is 10.4 Å². The maximum absolute atomic E-state index is 13.1. The van der Waals surface area contributed by atoms with E-state index in [1.165, 1.54) is 12.1 Å². The van der Waals surface area contributed by atoms with Crippen molar-refractivity contribution >= 4 is 5.91 Å². The van der Waals surface area contributed by atoms with Crippen molar-refractivity contribution in [1.82, 2.24) is 20.4 Å². The van der Waals surface area contributed by atoms with Crippen molar-refractivity contribution in [3.05, 3.63) is 41.8 Å². The molecule has 1 aliphatic rings. The molecule has 1 aromatic carbocycles. The highest BCUT2D eigenvalue weighted by Crippen LogP contribution is 2.27. The number of halogens is 1. The Hall–Kier alpha value is -2.72. The number of benzene rings is 1. The zero-order valence-electron chi connectivity index (χ0n) is 17.7. The average molecular weight is 412 g/mol. The molecule has 0 bridgehead atoms. The summed E-state index contributed by atoms with van der Waals surface area (Å²) in [6.45, 7) is 2.63. The molecule has 0 saturated heterocycles. The van der Waals surface area contributed by atoms with E-state index in [0.29, 0.717) is 0 Å². The van der Waals surface area contributed by atoms with E-state index in [1.807, 2.05) is 24.9 Å². The van der Waals surface area contributed by atoms with Gasteiger partial charge in [-0.05, 0) is 76.5 Å². The molecule has 1 saturated carbocycles. The predicted molar refractivity (Wildman–Crippen MR) is 114 cm³/mol. The Morgan fingerprint density at radius 1 is 1.33 bits per heavy atom. The van der Waals surface area contributed by atoms with Crippen LogP contribution in [0.5, 0.6) is 0 Å². The summed E-state index contributed by atoms with van der Waals surface area (Å²) >= 11 is 0. The zero-order valence-corrected chi connectivity index (χ0v) is 17.7. The highest BCUT2D eigenvalue weighted by atomic mass is 19.1. The van der Waals surface area contributed by atoms with Crippen LogP contribution in [0.3, 0.4) is 0 Å². The van der Waals surface area contributed by atoms with E-state index in [-0.39, 0.29) is 17.8 Å². The number of aryl methyl sites for hydroxylation is 1. The second kappa shape index (κ2) is 9.86. The van der Waals surface area contributed by atoms with Crippen LogP contribution in [0.4, 0.5) is 4.39 Å². The normalized spacial score (nSPS) is 16.8. The van der Waals surface area contributed by atoms with Crippen LogP contribution in [0, 0.1) is 17.1 Å². The lowest BCUT2D eigenvalue weighted by atomic mass is 9.82. The molecule has 6 nitrogen and oxygen atoms in total. The molecule has 0 spiro atoms. The van der Waals surface area contributed by atoms with Crippen LogP contribution in [-0.4, -0.2) is 46.2 Å². The summed E-state index contributed by atoms with van der Waals surface area (Å²) in [7, 11) is 1.93. The summed E-state index contributed by atoms with van der Waals surface area (Å²) < 4.78 is 13.1.